The van der Waals surface area contributed by atoms with Gasteiger partial charge in [0.15, 0.2) is 6.61 Å². The number of aromatic nitrogens is 1. The van der Waals surface area contributed by atoms with E-state index in [2.05, 4.69) is 35.8 Å². The van der Waals surface area contributed by atoms with Crippen LogP contribution < -0.4 is 15.4 Å². The molecule has 5 nitrogen and oxygen atoms in total. The molecule has 0 atom stereocenters. The molecule has 1 saturated carbocycles. The lowest BCUT2D eigenvalue weighted by Crippen LogP contribution is -2.42. The van der Waals surface area contributed by atoms with E-state index in [1.807, 2.05) is 43.3 Å². The molecule has 1 aliphatic rings. The average molecular weight is 404 g/mol. The van der Waals surface area contributed by atoms with Crippen molar-refractivity contribution >= 4 is 22.6 Å². The Morgan fingerprint density at radius 1 is 0.967 bits per heavy atom. The molecule has 0 bridgehead atoms. The number of hydrogen-bond acceptors (Lipinski definition) is 4. The topological polar surface area (TPSA) is 63.2 Å². The van der Waals surface area contributed by atoms with Crippen LogP contribution in [0, 0.1) is 13.8 Å². The maximum Gasteiger partial charge on any atom is 0.258 e. The third-order valence-corrected chi connectivity index (χ3v) is 5.82. The van der Waals surface area contributed by atoms with Crippen LogP contribution in [-0.4, -0.2) is 29.6 Å². The third-order valence-electron chi connectivity index (χ3n) is 5.82. The van der Waals surface area contributed by atoms with E-state index < -0.39 is 0 Å². The smallest absolute Gasteiger partial charge is 0.258 e. The number of fused-ring (bicyclic) bond motifs is 1. The third kappa shape index (κ3) is 4.90. The van der Waals surface area contributed by atoms with Gasteiger partial charge in [0.25, 0.3) is 5.91 Å². The molecule has 0 radical (unpaired) electrons. The first-order valence-electron chi connectivity index (χ1n) is 10.7. The Morgan fingerprint density at radius 3 is 2.47 bits per heavy atom. The predicted octanol–water partition coefficient (Wildman–Crippen LogP) is 4.77. The molecular formula is C25H29N3O2. The Morgan fingerprint density at radius 2 is 1.67 bits per heavy atom. The second kappa shape index (κ2) is 9.16. The lowest BCUT2D eigenvalue weighted by atomic mass is 9.91. The monoisotopic (exact) mass is 403 g/mol. The Bertz CT molecular complexity index is 1030. The van der Waals surface area contributed by atoms with Crippen LogP contribution in [0.5, 0.6) is 5.75 Å². The van der Waals surface area contributed by atoms with E-state index in [-0.39, 0.29) is 18.6 Å². The van der Waals surface area contributed by atoms with Crippen LogP contribution in [0.15, 0.2) is 54.6 Å². The van der Waals surface area contributed by atoms with E-state index in [4.69, 9.17) is 9.72 Å². The van der Waals surface area contributed by atoms with E-state index in [1.54, 1.807) is 0 Å². The fraction of sp³-hybridized carbons (Fsp3) is 0.360. The molecule has 30 heavy (non-hydrogen) atoms. The van der Waals surface area contributed by atoms with Gasteiger partial charge in [-0.15, -0.1) is 0 Å². The van der Waals surface area contributed by atoms with E-state index in [0.717, 1.165) is 48.3 Å². The molecule has 1 amide bonds. The van der Waals surface area contributed by atoms with Crippen LogP contribution in [0.1, 0.15) is 36.8 Å². The SMILES string of the molecule is Cc1ccccc1OCC(=O)NC1CCC(Nc2cc(C)c3ccccc3n2)CC1. The highest BCUT2D eigenvalue weighted by molar-refractivity contribution is 5.83. The maximum atomic E-state index is 12.3. The molecule has 156 valence electrons. The summed E-state index contributed by atoms with van der Waals surface area (Å²) in [5.74, 6) is 1.64. The van der Waals surface area contributed by atoms with Gasteiger partial charge in [-0.1, -0.05) is 36.4 Å². The number of ether oxygens (including phenoxy) is 1. The number of benzene rings is 2. The van der Waals surface area contributed by atoms with Crippen molar-refractivity contribution in [1.82, 2.24) is 10.3 Å². The van der Waals surface area contributed by atoms with Crippen LogP contribution in [0.4, 0.5) is 5.82 Å². The van der Waals surface area contributed by atoms with E-state index in [9.17, 15) is 4.79 Å². The fourth-order valence-electron chi connectivity index (χ4n) is 4.15. The van der Waals surface area contributed by atoms with Crippen LogP contribution in [-0.2, 0) is 4.79 Å². The number of amides is 1. The molecule has 0 unspecified atom stereocenters. The van der Waals surface area contributed by atoms with Crippen molar-refractivity contribution in [3.05, 3.63) is 65.7 Å². The maximum absolute atomic E-state index is 12.3. The van der Waals surface area contributed by atoms with Gasteiger partial charge in [-0.2, -0.15) is 0 Å². The highest BCUT2D eigenvalue weighted by Gasteiger charge is 2.23. The summed E-state index contributed by atoms with van der Waals surface area (Å²) in [6.45, 7) is 4.16. The number of rotatable bonds is 6. The lowest BCUT2D eigenvalue weighted by Gasteiger charge is -2.30. The lowest BCUT2D eigenvalue weighted by molar-refractivity contribution is -0.124. The van der Waals surface area contributed by atoms with Gasteiger partial charge >= 0.3 is 0 Å². The molecule has 0 aliphatic heterocycles. The van der Waals surface area contributed by atoms with Crippen molar-refractivity contribution in [2.24, 2.45) is 0 Å². The summed E-state index contributed by atoms with van der Waals surface area (Å²) >= 11 is 0. The quantitative estimate of drug-likeness (QED) is 0.622. The molecular weight excluding hydrogens is 374 g/mol. The summed E-state index contributed by atoms with van der Waals surface area (Å²) in [4.78, 5) is 17.0. The van der Waals surface area contributed by atoms with Gasteiger partial charge in [-0.05, 0) is 68.9 Å². The second-order valence-corrected chi connectivity index (χ2v) is 8.16. The minimum Gasteiger partial charge on any atom is -0.484 e. The van der Waals surface area contributed by atoms with Crippen molar-refractivity contribution in [1.29, 1.82) is 0 Å². The van der Waals surface area contributed by atoms with Crippen molar-refractivity contribution in [2.45, 2.75) is 51.6 Å². The highest BCUT2D eigenvalue weighted by atomic mass is 16.5. The minimum atomic E-state index is -0.0542. The summed E-state index contributed by atoms with van der Waals surface area (Å²) in [7, 11) is 0. The molecule has 4 rings (SSSR count). The Hall–Kier alpha value is -3.08. The van der Waals surface area contributed by atoms with E-state index in [0.29, 0.717) is 6.04 Å². The first kappa shape index (κ1) is 20.2. The zero-order valence-corrected chi connectivity index (χ0v) is 17.7. The molecule has 0 saturated heterocycles. The highest BCUT2D eigenvalue weighted by Crippen LogP contribution is 2.25. The predicted molar refractivity (Wildman–Crippen MR) is 121 cm³/mol. The van der Waals surface area contributed by atoms with Crippen molar-refractivity contribution in [3.8, 4) is 5.75 Å². The summed E-state index contributed by atoms with van der Waals surface area (Å²) in [5, 5.41) is 7.91. The van der Waals surface area contributed by atoms with Crippen molar-refractivity contribution in [3.63, 3.8) is 0 Å². The summed E-state index contributed by atoms with van der Waals surface area (Å²) in [5.41, 5.74) is 3.29. The van der Waals surface area contributed by atoms with E-state index in [1.165, 1.54) is 10.9 Å². The van der Waals surface area contributed by atoms with Crippen LogP contribution >= 0.6 is 0 Å². The van der Waals surface area contributed by atoms with Crippen molar-refractivity contribution < 1.29 is 9.53 Å². The van der Waals surface area contributed by atoms with Gasteiger partial charge in [0, 0.05) is 17.5 Å². The Labute approximate surface area is 177 Å². The number of para-hydroxylation sites is 2. The molecule has 1 aliphatic carbocycles. The Kier molecular flexibility index (Phi) is 6.17. The van der Waals surface area contributed by atoms with Gasteiger partial charge in [0.1, 0.15) is 11.6 Å². The number of pyridine rings is 1. The second-order valence-electron chi connectivity index (χ2n) is 8.16. The van der Waals surface area contributed by atoms with Crippen LogP contribution in [0.3, 0.4) is 0 Å². The molecule has 1 fully saturated rings. The Balaban J connectivity index is 1.25. The van der Waals surface area contributed by atoms with Gasteiger partial charge < -0.3 is 15.4 Å². The fourth-order valence-corrected chi connectivity index (χ4v) is 4.15. The normalized spacial score (nSPS) is 18.7. The van der Waals surface area contributed by atoms with Gasteiger partial charge in [0.05, 0.1) is 5.52 Å². The number of hydrogen-bond donors (Lipinski definition) is 2. The largest absolute Gasteiger partial charge is 0.484 e. The van der Waals surface area contributed by atoms with Gasteiger partial charge in [0.2, 0.25) is 0 Å². The molecule has 5 heteroatoms. The summed E-state index contributed by atoms with van der Waals surface area (Å²) < 4.78 is 5.65. The number of nitrogens with zero attached hydrogens (tertiary/aromatic N) is 1. The van der Waals surface area contributed by atoms with Gasteiger partial charge in [-0.3, -0.25) is 4.79 Å². The number of anilines is 1. The summed E-state index contributed by atoms with van der Waals surface area (Å²) in [6, 6.07) is 18.7. The molecule has 1 heterocycles. The molecule has 3 aromatic rings. The summed E-state index contributed by atoms with van der Waals surface area (Å²) in [6.07, 6.45) is 3.94. The minimum absolute atomic E-state index is 0.0542. The number of nitrogens with one attached hydrogen (secondary N) is 2. The standard InChI is InChI=1S/C25H29N3O2/c1-17-7-3-6-10-23(17)30-16-25(29)27-20-13-11-19(12-14-20)26-24-15-18(2)21-8-4-5-9-22(21)28-24/h3-10,15,19-20H,11-14,16H2,1-2H3,(H,26,28)(H,27,29). The number of carbonyl (C=O) groups excluding carboxylic acids is 1. The first-order chi connectivity index (χ1) is 14.6. The van der Waals surface area contributed by atoms with Crippen LogP contribution in [0.2, 0.25) is 0 Å². The number of carbonyl (C=O) groups is 1. The molecule has 2 N–H and O–H groups in total. The van der Waals surface area contributed by atoms with Crippen LogP contribution in [0.25, 0.3) is 10.9 Å². The molecule has 2 aromatic carbocycles. The first-order valence-corrected chi connectivity index (χ1v) is 10.7. The zero-order valence-electron chi connectivity index (χ0n) is 17.7. The van der Waals surface area contributed by atoms with E-state index >= 15 is 0 Å². The molecule has 1 aromatic heterocycles. The molecule has 0 spiro atoms. The average Bonchev–Trinajstić information content (AvgIpc) is 2.75. The van der Waals surface area contributed by atoms with Crippen molar-refractivity contribution in [2.75, 3.05) is 11.9 Å². The van der Waals surface area contributed by atoms with Gasteiger partial charge in [-0.25, -0.2) is 4.98 Å². The zero-order chi connectivity index (χ0) is 20.9. The number of aryl methyl sites for hydroxylation is 2.